The summed E-state index contributed by atoms with van der Waals surface area (Å²) < 4.78 is 5.70. The molecule has 1 saturated heterocycles. The van der Waals surface area contributed by atoms with Gasteiger partial charge in [-0.05, 0) is 45.7 Å². The van der Waals surface area contributed by atoms with Crippen LogP contribution in [0.25, 0.3) is 11.0 Å². The number of rotatable bonds is 5. The molecule has 3 rings (SSSR count). The predicted molar refractivity (Wildman–Crippen MR) is 92.8 cm³/mol. The van der Waals surface area contributed by atoms with E-state index in [2.05, 4.69) is 17.1 Å². The topological polar surface area (TPSA) is 45.5 Å². The van der Waals surface area contributed by atoms with Crippen molar-refractivity contribution in [1.29, 1.82) is 0 Å². The van der Waals surface area contributed by atoms with Gasteiger partial charge in [0.25, 0.3) is 5.91 Å². The van der Waals surface area contributed by atoms with Gasteiger partial charge in [-0.15, -0.1) is 0 Å². The Kier molecular flexibility index (Phi) is 5.01. The summed E-state index contributed by atoms with van der Waals surface area (Å²) in [5.74, 6) is 0.336. The number of para-hydroxylation sites is 1. The second-order valence-corrected chi connectivity index (χ2v) is 6.54. The van der Waals surface area contributed by atoms with E-state index in [9.17, 15) is 4.79 Å². The lowest BCUT2D eigenvalue weighted by molar-refractivity contribution is 0.0922. The van der Waals surface area contributed by atoms with Crippen LogP contribution in [0.5, 0.6) is 0 Å². The zero-order chi connectivity index (χ0) is 16.2. The molecule has 1 N–H and O–H groups in total. The predicted octanol–water partition coefficient (Wildman–Crippen LogP) is 3.74. The first-order valence-corrected chi connectivity index (χ1v) is 8.67. The maximum atomic E-state index is 12.3. The molecule has 0 saturated carbocycles. The average Bonchev–Trinajstić information content (AvgIpc) is 2.90. The molecule has 23 heavy (non-hydrogen) atoms. The summed E-state index contributed by atoms with van der Waals surface area (Å²) in [5.41, 5.74) is 1.69. The number of amides is 1. The normalized spacial score (nSPS) is 19.1. The second-order valence-electron chi connectivity index (χ2n) is 6.54. The van der Waals surface area contributed by atoms with Crippen LogP contribution in [0.2, 0.25) is 0 Å². The van der Waals surface area contributed by atoms with Crippen molar-refractivity contribution in [3.05, 3.63) is 35.6 Å². The Balaban J connectivity index is 1.51. The number of carbonyl (C=O) groups is 1. The van der Waals surface area contributed by atoms with Gasteiger partial charge in [0.05, 0.1) is 0 Å². The third-order valence-electron chi connectivity index (χ3n) is 4.90. The van der Waals surface area contributed by atoms with Gasteiger partial charge in [0, 0.05) is 30.1 Å². The first-order valence-electron chi connectivity index (χ1n) is 8.67. The van der Waals surface area contributed by atoms with E-state index in [1.807, 2.05) is 31.2 Å². The number of nitrogens with one attached hydrogen (secondary N) is 1. The first-order chi connectivity index (χ1) is 11.2. The molecular weight excluding hydrogens is 288 g/mol. The summed E-state index contributed by atoms with van der Waals surface area (Å²) in [6.45, 7) is 7.18. The quantitative estimate of drug-likeness (QED) is 0.855. The van der Waals surface area contributed by atoms with Crippen LogP contribution in [0.3, 0.4) is 0 Å². The fourth-order valence-electron chi connectivity index (χ4n) is 3.45. The van der Waals surface area contributed by atoms with Crippen LogP contribution < -0.4 is 5.32 Å². The number of furan rings is 1. The van der Waals surface area contributed by atoms with Crippen LogP contribution in [-0.2, 0) is 0 Å². The molecule has 0 radical (unpaired) electrons. The molecule has 2 heterocycles. The molecule has 0 spiro atoms. The lowest BCUT2D eigenvalue weighted by Crippen LogP contribution is -2.39. The number of hydrogen-bond donors (Lipinski definition) is 1. The van der Waals surface area contributed by atoms with Crippen molar-refractivity contribution in [3.8, 4) is 0 Å². The van der Waals surface area contributed by atoms with Crippen molar-refractivity contribution in [3.63, 3.8) is 0 Å². The molecule has 2 aromatic rings. The molecular formula is C19H26N2O2. The van der Waals surface area contributed by atoms with Gasteiger partial charge in [0.1, 0.15) is 5.58 Å². The summed E-state index contributed by atoms with van der Waals surface area (Å²) in [6, 6.07) is 8.45. The van der Waals surface area contributed by atoms with E-state index in [0.717, 1.165) is 29.5 Å². The standard InChI is InChI=1S/C19H26N2O2/c1-14-8-5-6-12-21(14)13-7-11-20-19(22)18-15(2)16-9-3-4-10-17(16)23-18/h3-4,9-10,14H,5-8,11-13H2,1-2H3,(H,20,22). The first kappa shape index (κ1) is 16.1. The molecule has 4 nitrogen and oxygen atoms in total. The summed E-state index contributed by atoms with van der Waals surface area (Å²) in [7, 11) is 0. The lowest BCUT2D eigenvalue weighted by atomic mass is 10.0. The van der Waals surface area contributed by atoms with E-state index in [1.54, 1.807) is 0 Å². The van der Waals surface area contributed by atoms with E-state index in [4.69, 9.17) is 4.42 Å². The fraction of sp³-hybridized carbons (Fsp3) is 0.526. The molecule has 1 aromatic carbocycles. The third-order valence-corrected chi connectivity index (χ3v) is 4.90. The Labute approximate surface area is 137 Å². The number of hydrogen-bond acceptors (Lipinski definition) is 3. The highest BCUT2D eigenvalue weighted by Crippen LogP contribution is 2.24. The Bertz CT molecular complexity index is 677. The van der Waals surface area contributed by atoms with Crippen LogP contribution in [0.15, 0.2) is 28.7 Å². The largest absolute Gasteiger partial charge is 0.451 e. The van der Waals surface area contributed by atoms with Crippen LogP contribution in [0.4, 0.5) is 0 Å². The van der Waals surface area contributed by atoms with Crippen molar-refractivity contribution in [2.75, 3.05) is 19.6 Å². The fourth-order valence-corrected chi connectivity index (χ4v) is 3.45. The number of piperidine rings is 1. The Hall–Kier alpha value is -1.81. The second kappa shape index (κ2) is 7.18. The third kappa shape index (κ3) is 3.58. The van der Waals surface area contributed by atoms with Gasteiger partial charge in [-0.1, -0.05) is 24.6 Å². The summed E-state index contributed by atoms with van der Waals surface area (Å²) >= 11 is 0. The van der Waals surface area contributed by atoms with Gasteiger partial charge in [0.15, 0.2) is 5.76 Å². The Morgan fingerprint density at radius 2 is 2.17 bits per heavy atom. The molecule has 0 aliphatic carbocycles. The van der Waals surface area contributed by atoms with Gasteiger partial charge >= 0.3 is 0 Å². The van der Waals surface area contributed by atoms with Crippen molar-refractivity contribution in [1.82, 2.24) is 10.2 Å². The number of benzene rings is 1. The van der Waals surface area contributed by atoms with E-state index < -0.39 is 0 Å². The number of carbonyl (C=O) groups excluding carboxylic acids is 1. The van der Waals surface area contributed by atoms with Gasteiger partial charge in [-0.25, -0.2) is 0 Å². The highest BCUT2D eigenvalue weighted by molar-refractivity contribution is 5.98. The van der Waals surface area contributed by atoms with Crippen LogP contribution >= 0.6 is 0 Å². The van der Waals surface area contributed by atoms with Crippen LogP contribution in [-0.4, -0.2) is 36.5 Å². The van der Waals surface area contributed by atoms with E-state index in [1.165, 1.54) is 25.8 Å². The zero-order valence-electron chi connectivity index (χ0n) is 14.1. The van der Waals surface area contributed by atoms with Crippen molar-refractivity contribution in [2.24, 2.45) is 0 Å². The van der Waals surface area contributed by atoms with Gasteiger partial charge < -0.3 is 14.6 Å². The molecule has 1 fully saturated rings. The molecule has 1 amide bonds. The molecule has 4 heteroatoms. The SMILES string of the molecule is Cc1c(C(=O)NCCCN2CCCCC2C)oc2ccccc12. The van der Waals surface area contributed by atoms with E-state index in [0.29, 0.717) is 18.3 Å². The highest BCUT2D eigenvalue weighted by atomic mass is 16.3. The van der Waals surface area contributed by atoms with Crippen molar-refractivity contribution >= 4 is 16.9 Å². The summed E-state index contributed by atoms with van der Waals surface area (Å²) in [4.78, 5) is 14.9. The summed E-state index contributed by atoms with van der Waals surface area (Å²) in [6.07, 6.45) is 4.93. The molecule has 0 bridgehead atoms. The maximum Gasteiger partial charge on any atom is 0.287 e. The van der Waals surface area contributed by atoms with Gasteiger partial charge in [0.2, 0.25) is 0 Å². The Morgan fingerprint density at radius 3 is 2.96 bits per heavy atom. The minimum absolute atomic E-state index is 0.106. The number of likely N-dealkylation sites (tertiary alicyclic amines) is 1. The zero-order valence-corrected chi connectivity index (χ0v) is 14.1. The minimum Gasteiger partial charge on any atom is -0.451 e. The molecule has 1 aliphatic rings. The average molecular weight is 314 g/mol. The Morgan fingerprint density at radius 1 is 1.35 bits per heavy atom. The summed E-state index contributed by atoms with van der Waals surface area (Å²) in [5, 5.41) is 4.01. The molecule has 1 aliphatic heterocycles. The van der Waals surface area contributed by atoms with Crippen LogP contribution in [0.1, 0.15) is 48.7 Å². The van der Waals surface area contributed by atoms with E-state index >= 15 is 0 Å². The molecule has 1 atom stereocenters. The van der Waals surface area contributed by atoms with Gasteiger partial charge in [-0.3, -0.25) is 4.79 Å². The number of aryl methyl sites for hydroxylation is 1. The highest BCUT2D eigenvalue weighted by Gasteiger charge is 2.19. The number of fused-ring (bicyclic) bond motifs is 1. The molecule has 1 aromatic heterocycles. The van der Waals surface area contributed by atoms with E-state index in [-0.39, 0.29) is 5.91 Å². The minimum atomic E-state index is -0.106. The molecule has 1 unspecified atom stereocenters. The van der Waals surface area contributed by atoms with Crippen molar-refractivity contribution in [2.45, 2.75) is 45.6 Å². The smallest absolute Gasteiger partial charge is 0.287 e. The maximum absolute atomic E-state index is 12.3. The lowest BCUT2D eigenvalue weighted by Gasteiger charge is -2.33. The number of nitrogens with zero attached hydrogens (tertiary/aromatic N) is 1. The van der Waals surface area contributed by atoms with Gasteiger partial charge in [-0.2, -0.15) is 0 Å². The molecule has 124 valence electrons. The van der Waals surface area contributed by atoms with Crippen molar-refractivity contribution < 1.29 is 9.21 Å². The monoisotopic (exact) mass is 314 g/mol. The van der Waals surface area contributed by atoms with Crippen LogP contribution in [0, 0.1) is 6.92 Å².